The fourth-order valence-corrected chi connectivity index (χ4v) is 5.11. The van der Waals surface area contributed by atoms with E-state index in [0.717, 1.165) is 91.3 Å². The number of benzene rings is 1. The van der Waals surface area contributed by atoms with Crippen molar-refractivity contribution in [1.82, 2.24) is 24.5 Å². The molecule has 3 aliphatic heterocycles. The summed E-state index contributed by atoms with van der Waals surface area (Å²) < 4.78 is 0. The maximum Gasteiger partial charge on any atom is 0.236 e. The Balaban J connectivity index is 1.17. The predicted octanol–water partition coefficient (Wildman–Crippen LogP) is 1.27. The predicted molar refractivity (Wildman–Crippen MR) is 126 cm³/mol. The molecule has 3 saturated heterocycles. The minimum absolute atomic E-state index is 0.252. The van der Waals surface area contributed by atoms with Crippen molar-refractivity contribution in [2.45, 2.75) is 32.7 Å². The molecule has 0 atom stereocenters. The normalized spacial score (nSPS) is 21.7. The summed E-state index contributed by atoms with van der Waals surface area (Å²) in [5.41, 5.74) is 2.65. The average Bonchev–Trinajstić information content (AvgIpc) is 3.24. The molecular formula is C25H39N5O2. The molecule has 3 heterocycles. The molecule has 3 aliphatic rings. The highest BCUT2D eigenvalue weighted by atomic mass is 16.2. The Kier molecular flexibility index (Phi) is 8.16. The van der Waals surface area contributed by atoms with E-state index in [1.807, 2.05) is 9.80 Å². The van der Waals surface area contributed by atoms with Gasteiger partial charge in [0.2, 0.25) is 11.8 Å². The largest absolute Gasteiger partial charge is 0.342 e. The second-order valence-corrected chi connectivity index (χ2v) is 9.64. The SMILES string of the molecule is Cc1cccc(CN2CCN(C(=O)CN3CCCN(CC(=O)N4CCCC4)CC3)CC2)c1. The van der Waals surface area contributed by atoms with Gasteiger partial charge in [-0.05, 0) is 44.8 Å². The molecule has 0 N–H and O–H groups in total. The van der Waals surface area contributed by atoms with E-state index in [9.17, 15) is 9.59 Å². The maximum absolute atomic E-state index is 12.9. The highest BCUT2D eigenvalue weighted by molar-refractivity contribution is 5.79. The van der Waals surface area contributed by atoms with Crippen molar-refractivity contribution in [2.24, 2.45) is 0 Å². The van der Waals surface area contributed by atoms with Gasteiger partial charge in [-0.3, -0.25) is 24.3 Å². The lowest BCUT2D eigenvalue weighted by atomic mass is 10.1. The summed E-state index contributed by atoms with van der Waals surface area (Å²) >= 11 is 0. The zero-order chi connectivity index (χ0) is 22.3. The van der Waals surface area contributed by atoms with Crippen molar-refractivity contribution in [3.8, 4) is 0 Å². The van der Waals surface area contributed by atoms with Crippen LogP contribution in [-0.2, 0) is 16.1 Å². The van der Waals surface area contributed by atoms with Crippen LogP contribution in [0.5, 0.6) is 0 Å². The number of hydrogen-bond acceptors (Lipinski definition) is 5. The average molecular weight is 442 g/mol. The van der Waals surface area contributed by atoms with Crippen LogP contribution in [0.15, 0.2) is 24.3 Å². The van der Waals surface area contributed by atoms with Crippen molar-refractivity contribution in [3.63, 3.8) is 0 Å². The van der Waals surface area contributed by atoms with Gasteiger partial charge in [-0.2, -0.15) is 0 Å². The van der Waals surface area contributed by atoms with Crippen molar-refractivity contribution in [3.05, 3.63) is 35.4 Å². The number of hydrogen-bond donors (Lipinski definition) is 0. The molecule has 1 aromatic rings. The van der Waals surface area contributed by atoms with Gasteiger partial charge >= 0.3 is 0 Å². The van der Waals surface area contributed by atoms with Crippen LogP contribution >= 0.6 is 0 Å². The lowest BCUT2D eigenvalue weighted by molar-refractivity contribution is -0.134. The van der Waals surface area contributed by atoms with Gasteiger partial charge in [0.1, 0.15) is 0 Å². The van der Waals surface area contributed by atoms with Crippen molar-refractivity contribution >= 4 is 11.8 Å². The number of carbonyl (C=O) groups excluding carboxylic acids is 2. The van der Waals surface area contributed by atoms with E-state index in [-0.39, 0.29) is 11.8 Å². The Morgan fingerprint density at radius 3 is 1.84 bits per heavy atom. The standard InChI is InChI=1S/C25H39N5O2/c1-22-6-4-7-23(18-22)19-28-14-16-30(17-15-28)25(32)21-27-9-5-8-26(12-13-27)20-24(31)29-10-2-3-11-29/h4,6-7,18H,2-3,5,8-17,19-21H2,1H3. The molecule has 0 unspecified atom stereocenters. The number of rotatable bonds is 6. The summed E-state index contributed by atoms with van der Waals surface area (Å²) in [6, 6.07) is 8.69. The van der Waals surface area contributed by atoms with Crippen LogP contribution in [0.4, 0.5) is 0 Å². The molecule has 7 nitrogen and oxygen atoms in total. The Morgan fingerprint density at radius 2 is 1.25 bits per heavy atom. The van der Waals surface area contributed by atoms with Crippen LogP contribution in [0.25, 0.3) is 0 Å². The first-order chi connectivity index (χ1) is 15.6. The van der Waals surface area contributed by atoms with Gasteiger partial charge in [-0.1, -0.05) is 29.8 Å². The molecule has 0 aliphatic carbocycles. The van der Waals surface area contributed by atoms with Crippen LogP contribution in [0.2, 0.25) is 0 Å². The molecule has 32 heavy (non-hydrogen) atoms. The van der Waals surface area contributed by atoms with Gasteiger partial charge in [0.15, 0.2) is 0 Å². The summed E-state index contributed by atoms with van der Waals surface area (Å²) in [7, 11) is 0. The zero-order valence-electron chi connectivity index (χ0n) is 19.7. The first-order valence-electron chi connectivity index (χ1n) is 12.3. The highest BCUT2D eigenvalue weighted by Gasteiger charge is 2.25. The molecule has 0 radical (unpaired) electrons. The van der Waals surface area contributed by atoms with Gasteiger partial charge in [0, 0.05) is 58.9 Å². The van der Waals surface area contributed by atoms with Crippen LogP contribution in [-0.4, -0.2) is 115 Å². The third-order valence-corrected chi connectivity index (χ3v) is 7.07. The molecule has 0 saturated carbocycles. The molecule has 176 valence electrons. The number of likely N-dealkylation sites (tertiary alicyclic amines) is 1. The number of amides is 2. The molecule has 7 heteroatoms. The Labute approximate surface area is 192 Å². The lowest BCUT2D eigenvalue weighted by Gasteiger charge is -2.35. The first-order valence-corrected chi connectivity index (χ1v) is 12.3. The second kappa shape index (κ2) is 11.3. The summed E-state index contributed by atoms with van der Waals surface area (Å²) in [6.45, 7) is 13.1. The van der Waals surface area contributed by atoms with Gasteiger partial charge in [0.25, 0.3) is 0 Å². The van der Waals surface area contributed by atoms with E-state index in [1.54, 1.807) is 0 Å². The summed E-state index contributed by atoms with van der Waals surface area (Å²) in [4.78, 5) is 36.4. The topological polar surface area (TPSA) is 50.3 Å². The number of piperazine rings is 1. The summed E-state index contributed by atoms with van der Waals surface area (Å²) in [6.07, 6.45) is 3.30. The second-order valence-electron chi connectivity index (χ2n) is 9.64. The number of aryl methyl sites for hydroxylation is 1. The molecular weight excluding hydrogens is 402 g/mol. The zero-order valence-corrected chi connectivity index (χ0v) is 19.7. The number of nitrogens with zero attached hydrogens (tertiary/aromatic N) is 5. The summed E-state index contributed by atoms with van der Waals surface area (Å²) in [5, 5.41) is 0. The molecule has 4 rings (SSSR count). The van der Waals surface area contributed by atoms with Gasteiger partial charge < -0.3 is 9.80 Å². The molecule has 0 spiro atoms. The Morgan fingerprint density at radius 1 is 0.688 bits per heavy atom. The molecule has 3 fully saturated rings. The van der Waals surface area contributed by atoms with E-state index >= 15 is 0 Å². The van der Waals surface area contributed by atoms with Crippen molar-refractivity contribution < 1.29 is 9.59 Å². The van der Waals surface area contributed by atoms with Crippen LogP contribution in [0.3, 0.4) is 0 Å². The van der Waals surface area contributed by atoms with Gasteiger partial charge in [0.05, 0.1) is 13.1 Å². The Bertz CT molecular complexity index is 771. The van der Waals surface area contributed by atoms with Crippen LogP contribution in [0, 0.1) is 6.92 Å². The van der Waals surface area contributed by atoms with Gasteiger partial charge in [-0.15, -0.1) is 0 Å². The van der Waals surface area contributed by atoms with Crippen molar-refractivity contribution in [2.75, 3.05) is 78.5 Å². The maximum atomic E-state index is 12.9. The fraction of sp³-hybridized carbons (Fsp3) is 0.680. The highest BCUT2D eigenvalue weighted by Crippen LogP contribution is 2.12. The fourth-order valence-electron chi connectivity index (χ4n) is 5.11. The molecule has 2 amide bonds. The van der Waals surface area contributed by atoms with E-state index in [4.69, 9.17) is 0 Å². The lowest BCUT2D eigenvalue weighted by Crippen LogP contribution is -2.51. The Hall–Kier alpha value is -1.96. The smallest absolute Gasteiger partial charge is 0.236 e. The van der Waals surface area contributed by atoms with E-state index in [1.165, 1.54) is 11.1 Å². The summed E-state index contributed by atoms with van der Waals surface area (Å²) in [5.74, 6) is 0.525. The monoisotopic (exact) mass is 441 g/mol. The van der Waals surface area contributed by atoms with E-state index < -0.39 is 0 Å². The van der Waals surface area contributed by atoms with Gasteiger partial charge in [-0.25, -0.2) is 0 Å². The minimum Gasteiger partial charge on any atom is -0.342 e. The minimum atomic E-state index is 0.252. The molecule has 0 bridgehead atoms. The number of carbonyl (C=O) groups is 2. The first kappa shape index (κ1) is 23.2. The third-order valence-electron chi connectivity index (χ3n) is 7.07. The van der Waals surface area contributed by atoms with E-state index in [2.05, 4.69) is 45.9 Å². The van der Waals surface area contributed by atoms with Crippen LogP contribution < -0.4 is 0 Å². The quantitative estimate of drug-likeness (QED) is 0.666. The van der Waals surface area contributed by atoms with E-state index in [0.29, 0.717) is 13.1 Å². The van der Waals surface area contributed by atoms with Crippen molar-refractivity contribution in [1.29, 1.82) is 0 Å². The van der Waals surface area contributed by atoms with Crippen LogP contribution in [0.1, 0.15) is 30.4 Å². The molecule has 1 aromatic carbocycles. The molecule has 0 aromatic heterocycles. The third kappa shape index (κ3) is 6.53.